The van der Waals surface area contributed by atoms with E-state index in [0.717, 1.165) is 31.9 Å². The summed E-state index contributed by atoms with van der Waals surface area (Å²) < 4.78 is 0. The molecule has 0 spiro atoms. The summed E-state index contributed by atoms with van der Waals surface area (Å²) in [6.07, 6.45) is 0. The van der Waals surface area contributed by atoms with Gasteiger partial charge in [-0.2, -0.15) is 0 Å². The number of amides is 1. The summed E-state index contributed by atoms with van der Waals surface area (Å²) in [6.45, 7) is 6.29. The number of rotatable bonds is 6. The molecule has 2 N–H and O–H groups in total. The van der Waals surface area contributed by atoms with Crippen LogP contribution in [0.4, 0.5) is 0 Å². The summed E-state index contributed by atoms with van der Waals surface area (Å²) in [5.41, 5.74) is 0. The fourth-order valence-corrected chi connectivity index (χ4v) is 3.02. The van der Waals surface area contributed by atoms with Crippen LogP contribution in [0, 0.1) is 0 Å². The minimum absolute atomic E-state index is 0.132. The number of piperazine rings is 1. The number of benzene rings is 1. The third-order valence-electron chi connectivity index (χ3n) is 3.42. The summed E-state index contributed by atoms with van der Waals surface area (Å²) >= 11 is 1.77. The van der Waals surface area contributed by atoms with Crippen LogP contribution < -0.4 is 10.6 Å². The van der Waals surface area contributed by atoms with Gasteiger partial charge in [-0.15, -0.1) is 11.8 Å². The van der Waals surface area contributed by atoms with E-state index in [9.17, 15) is 4.79 Å². The zero-order chi connectivity index (χ0) is 14.2. The van der Waals surface area contributed by atoms with Crippen LogP contribution in [0.5, 0.6) is 0 Å². The molecule has 1 unspecified atom stereocenters. The second-order valence-corrected chi connectivity index (χ2v) is 6.20. The first-order chi connectivity index (χ1) is 9.75. The molecule has 110 valence electrons. The van der Waals surface area contributed by atoms with E-state index >= 15 is 0 Å². The Bertz CT molecular complexity index is 413. The molecule has 2 rings (SSSR count). The molecule has 0 aliphatic carbocycles. The summed E-state index contributed by atoms with van der Waals surface area (Å²) in [7, 11) is 0. The number of nitrogens with zero attached hydrogens (tertiary/aromatic N) is 1. The van der Waals surface area contributed by atoms with Crippen molar-refractivity contribution < 1.29 is 4.79 Å². The van der Waals surface area contributed by atoms with Gasteiger partial charge in [0.1, 0.15) is 0 Å². The summed E-state index contributed by atoms with van der Waals surface area (Å²) in [4.78, 5) is 15.4. The highest BCUT2D eigenvalue weighted by atomic mass is 32.2. The highest BCUT2D eigenvalue weighted by Crippen LogP contribution is 2.15. The van der Waals surface area contributed by atoms with Gasteiger partial charge in [0.25, 0.3) is 0 Å². The van der Waals surface area contributed by atoms with Crippen molar-refractivity contribution in [1.29, 1.82) is 0 Å². The Balaban J connectivity index is 1.60. The fourth-order valence-electron chi connectivity index (χ4n) is 2.23. The Hall–Kier alpha value is -1.04. The highest BCUT2D eigenvalue weighted by molar-refractivity contribution is 7.99. The van der Waals surface area contributed by atoms with Gasteiger partial charge in [-0.05, 0) is 19.1 Å². The van der Waals surface area contributed by atoms with E-state index in [-0.39, 0.29) is 5.91 Å². The van der Waals surface area contributed by atoms with E-state index in [1.807, 2.05) is 18.2 Å². The lowest BCUT2D eigenvalue weighted by molar-refractivity contribution is -0.122. The maximum atomic E-state index is 11.9. The number of carbonyl (C=O) groups excluding carboxylic acids is 1. The molecule has 1 amide bonds. The first kappa shape index (κ1) is 15.4. The van der Waals surface area contributed by atoms with E-state index in [4.69, 9.17) is 0 Å². The van der Waals surface area contributed by atoms with Gasteiger partial charge in [0.15, 0.2) is 0 Å². The lowest BCUT2D eigenvalue weighted by Crippen LogP contribution is -2.52. The molecule has 4 nitrogen and oxygen atoms in total. The SMILES string of the molecule is CC1CNCCN1CC(=O)NCCSc1ccccc1. The quantitative estimate of drug-likeness (QED) is 0.611. The number of nitrogens with one attached hydrogen (secondary N) is 2. The zero-order valence-corrected chi connectivity index (χ0v) is 12.8. The van der Waals surface area contributed by atoms with Crippen molar-refractivity contribution in [3.05, 3.63) is 30.3 Å². The van der Waals surface area contributed by atoms with E-state index in [2.05, 4.69) is 34.6 Å². The highest BCUT2D eigenvalue weighted by Gasteiger charge is 2.19. The molecule has 1 saturated heterocycles. The number of hydrogen-bond acceptors (Lipinski definition) is 4. The third kappa shape index (κ3) is 5.15. The Morgan fingerprint density at radius 1 is 1.45 bits per heavy atom. The van der Waals surface area contributed by atoms with Crippen molar-refractivity contribution in [2.45, 2.75) is 17.9 Å². The summed E-state index contributed by atoms with van der Waals surface area (Å²) in [6, 6.07) is 10.7. The van der Waals surface area contributed by atoms with E-state index < -0.39 is 0 Å². The average Bonchev–Trinajstić information content (AvgIpc) is 2.47. The molecular formula is C15H23N3OS. The van der Waals surface area contributed by atoms with Crippen molar-refractivity contribution >= 4 is 17.7 Å². The largest absolute Gasteiger partial charge is 0.354 e. The minimum Gasteiger partial charge on any atom is -0.354 e. The van der Waals surface area contributed by atoms with E-state index in [0.29, 0.717) is 12.6 Å². The maximum Gasteiger partial charge on any atom is 0.234 e. The van der Waals surface area contributed by atoms with Crippen LogP contribution in [0.15, 0.2) is 35.2 Å². The predicted octanol–water partition coefficient (Wildman–Crippen LogP) is 1.19. The van der Waals surface area contributed by atoms with Gasteiger partial charge in [-0.3, -0.25) is 9.69 Å². The molecule has 1 aromatic carbocycles. The van der Waals surface area contributed by atoms with Crippen molar-refractivity contribution in [2.24, 2.45) is 0 Å². The standard InChI is InChI=1S/C15H23N3OS/c1-13-11-16-7-9-18(13)12-15(19)17-8-10-20-14-5-3-2-4-6-14/h2-6,13,16H,7-12H2,1H3,(H,17,19). The molecule has 0 bridgehead atoms. The topological polar surface area (TPSA) is 44.4 Å². The molecule has 0 aromatic heterocycles. The van der Waals surface area contributed by atoms with Crippen LogP contribution in [-0.2, 0) is 4.79 Å². The molecular weight excluding hydrogens is 270 g/mol. The number of carbonyl (C=O) groups is 1. The number of thioether (sulfide) groups is 1. The maximum absolute atomic E-state index is 11.9. The van der Waals surface area contributed by atoms with Crippen molar-refractivity contribution in [2.75, 3.05) is 38.5 Å². The second kappa shape index (κ2) is 8.29. The molecule has 1 fully saturated rings. The average molecular weight is 293 g/mol. The third-order valence-corrected chi connectivity index (χ3v) is 4.44. The minimum atomic E-state index is 0.132. The van der Waals surface area contributed by atoms with Gasteiger partial charge in [0.05, 0.1) is 6.54 Å². The van der Waals surface area contributed by atoms with E-state index in [1.165, 1.54) is 4.90 Å². The first-order valence-corrected chi connectivity index (χ1v) is 8.13. The van der Waals surface area contributed by atoms with E-state index in [1.54, 1.807) is 11.8 Å². The fraction of sp³-hybridized carbons (Fsp3) is 0.533. The van der Waals surface area contributed by atoms with Crippen molar-refractivity contribution in [1.82, 2.24) is 15.5 Å². The molecule has 1 heterocycles. The van der Waals surface area contributed by atoms with Crippen LogP contribution >= 0.6 is 11.8 Å². The monoisotopic (exact) mass is 293 g/mol. The Morgan fingerprint density at radius 2 is 2.25 bits per heavy atom. The predicted molar refractivity (Wildman–Crippen MR) is 84.1 cm³/mol. The molecule has 0 saturated carbocycles. The Labute approximate surface area is 125 Å². The van der Waals surface area contributed by atoms with Gasteiger partial charge in [0, 0.05) is 42.9 Å². The molecule has 1 aromatic rings. The van der Waals surface area contributed by atoms with Crippen molar-refractivity contribution in [3.63, 3.8) is 0 Å². The zero-order valence-electron chi connectivity index (χ0n) is 12.0. The molecule has 0 radical (unpaired) electrons. The summed E-state index contributed by atoms with van der Waals surface area (Å²) in [5, 5.41) is 6.33. The second-order valence-electron chi connectivity index (χ2n) is 5.04. The normalized spacial score (nSPS) is 19.8. The molecule has 1 aliphatic rings. The van der Waals surface area contributed by atoms with Crippen LogP contribution in [0.1, 0.15) is 6.92 Å². The van der Waals surface area contributed by atoms with Crippen LogP contribution in [0.3, 0.4) is 0 Å². The van der Waals surface area contributed by atoms with Gasteiger partial charge in [-0.25, -0.2) is 0 Å². The molecule has 1 aliphatic heterocycles. The number of hydrogen-bond donors (Lipinski definition) is 2. The van der Waals surface area contributed by atoms with Gasteiger partial charge in [-0.1, -0.05) is 18.2 Å². The molecule has 5 heteroatoms. The van der Waals surface area contributed by atoms with Crippen LogP contribution in [-0.4, -0.2) is 55.3 Å². The molecule has 20 heavy (non-hydrogen) atoms. The molecule has 1 atom stereocenters. The Morgan fingerprint density at radius 3 is 3.00 bits per heavy atom. The Kier molecular flexibility index (Phi) is 6.36. The van der Waals surface area contributed by atoms with Crippen LogP contribution in [0.25, 0.3) is 0 Å². The summed E-state index contributed by atoms with van der Waals surface area (Å²) in [5.74, 6) is 1.04. The lowest BCUT2D eigenvalue weighted by atomic mass is 10.2. The van der Waals surface area contributed by atoms with Gasteiger partial charge >= 0.3 is 0 Å². The first-order valence-electron chi connectivity index (χ1n) is 7.15. The van der Waals surface area contributed by atoms with Crippen molar-refractivity contribution in [3.8, 4) is 0 Å². The van der Waals surface area contributed by atoms with Gasteiger partial charge < -0.3 is 10.6 Å². The van der Waals surface area contributed by atoms with Crippen LogP contribution in [0.2, 0.25) is 0 Å². The van der Waals surface area contributed by atoms with Gasteiger partial charge in [0.2, 0.25) is 5.91 Å². The lowest BCUT2D eigenvalue weighted by Gasteiger charge is -2.33. The smallest absolute Gasteiger partial charge is 0.234 e.